The summed E-state index contributed by atoms with van der Waals surface area (Å²) in [6.07, 6.45) is 1.27. The Morgan fingerprint density at radius 1 is 0.828 bits per heavy atom. The number of benzene rings is 2. The second-order valence-electron chi connectivity index (χ2n) is 7.35. The lowest BCUT2D eigenvalue weighted by Gasteiger charge is -2.20. The van der Waals surface area contributed by atoms with E-state index < -0.39 is 6.10 Å². The molecule has 0 fully saturated rings. The average Bonchev–Trinajstić information content (AvgIpc) is 2.68. The maximum absolute atomic E-state index is 12.4. The van der Waals surface area contributed by atoms with Gasteiger partial charge >= 0.3 is 0 Å². The summed E-state index contributed by atoms with van der Waals surface area (Å²) in [5.41, 5.74) is 3.86. The standard InChI is InChI=1S/C23H31N3O3/c1-4-18-6-10-20(11-7-18)24-22(28)15-26(14-17(3)27)16-23(29)25-21-12-8-19(5-2)9-13-21/h6-13,17,27H,4-5,14-16H2,1-3H3,(H,24,28)(H,25,29)/p+1/t17-/m1/s1. The summed E-state index contributed by atoms with van der Waals surface area (Å²) in [4.78, 5) is 25.5. The number of carbonyl (C=O) groups is 2. The molecule has 0 aliphatic carbocycles. The Balaban J connectivity index is 1.92. The van der Waals surface area contributed by atoms with E-state index in [9.17, 15) is 14.7 Å². The number of aryl methyl sites for hydroxylation is 2. The molecule has 0 aliphatic rings. The number of anilines is 2. The third kappa shape index (κ3) is 8.05. The predicted octanol–water partition coefficient (Wildman–Crippen LogP) is 1.65. The molecule has 0 radical (unpaired) electrons. The molecule has 156 valence electrons. The monoisotopic (exact) mass is 398 g/mol. The van der Waals surface area contributed by atoms with Crippen LogP contribution >= 0.6 is 0 Å². The first-order valence-corrected chi connectivity index (χ1v) is 10.2. The molecule has 2 aromatic rings. The zero-order valence-electron chi connectivity index (χ0n) is 17.5. The van der Waals surface area contributed by atoms with E-state index in [0.717, 1.165) is 24.2 Å². The van der Waals surface area contributed by atoms with Crippen LogP contribution in [0.3, 0.4) is 0 Å². The predicted molar refractivity (Wildman–Crippen MR) is 116 cm³/mol. The fraction of sp³-hybridized carbons (Fsp3) is 0.391. The van der Waals surface area contributed by atoms with E-state index in [0.29, 0.717) is 11.4 Å². The van der Waals surface area contributed by atoms with Gasteiger partial charge in [-0.1, -0.05) is 38.1 Å². The first kappa shape index (κ1) is 22.6. The summed E-state index contributed by atoms with van der Waals surface area (Å²) in [5, 5.41) is 15.5. The second-order valence-corrected chi connectivity index (χ2v) is 7.35. The molecule has 6 heteroatoms. The van der Waals surface area contributed by atoms with Crippen LogP contribution in [0.25, 0.3) is 0 Å². The minimum atomic E-state index is -0.613. The van der Waals surface area contributed by atoms with Gasteiger partial charge in [0.2, 0.25) is 0 Å². The molecule has 0 saturated carbocycles. The number of rotatable bonds is 10. The van der Waals surface area contributed by atoms with Crippen LogP contribution in [0.5, 0.6) is 0 Å². The largest absolute Gasteiger partial charge is 0.388 e. The van der Waals surface area contributed by atoms with Gasteiger partial charge in [-0.15, -0.1) is 0 Å². The van der Waals surface area contributed by atoms with Gasteiger partial charge in [0.25, 0.3) is 11.8 Å². The van der Waals surface area contributed by atoms with Crippen molar-refractivity contribution in [3.8, 4) is 0 Å². The lowest BCUT2D eigenvalue weighted by molar-refractivity contribution is -0.886. The maximum atomic E-state index is 12.4. The van der Waals surface area contributed by atoms with Gasteiger partial charge in [0.05, 0.1) is 0 Å². The van der Waals surface area contributed by atoms with Crippen LogP contribution in [0.4, 0.5) is 11.4 Å². The molecule has 0 saturated heterocycles. The first-order valence-electron chi connectivity index (χ1n) is 10.2. The Bertz CT molecular complexity index is 723. The molecule has 0 bridgehead atoms. The fourth-order valence-corrected chi connectivity index (χ4v) is 3.14. The van der Waals surface area contributed by atoms with Crippen molar-refractivity contribution in [1.82, 2.24) is 0 Å². The fourth-order valence-electron chi connectivity index (χ4n) is 3.14. The highest BCUT2D eigenvalue weighted by Crippen LogP contribution is 2.10. The zero-order valence-corrected chi connectivity index (χ0v) is 17.5. The third-order valence-corrected chi connectivity index (χ3v) is 4.70. The highest BCUT2D eigenvalue weighted by atomic mass is 16.3. The Morgan fingerprint density at radius 3 is 1.52 bits per heavy atom. The Morgan fingerprint density at radius 2 is 1.21 bits per heavy atom. The molecule has 0 aromatic heterocycles. The Kier molecular flexibility index (Phi) is 8.83. The Labute approximate surface area is 172 Å². The van der Waals surface area contributed by atoms with Crippen molar-refractivity contribution >= 4 is 23.2 Å². The van der Waals surface area contributed by atoms with Gasteiger partial charge in [-0.3, -0.25) is 9.59 Å². The molecule has 0 aliphatic heterocycles. The molecular formula is C23H32N3O3+. The molecule has 29 heavy (non-hydrogen) atoms. The molecule has 0 unspecified atom stereocenters. The minimum Gasteiger partial charge on any atom is -0.388 e. The van der Waals surface area contributed by atoms with Crippen LogP contribution in [-0.4, -0.2) is 42.7 Å². The number of amides is 2. The molecule has 1 atom stereocenters. The van der Waals surface area contributed by atoms with Gasteiger partial charge in [0.1, 0.15) is 12.6 Å². The summed E-state index contributed by atoms with van der Waals surface area (Å²) in [6, 6.07) is 15.4. The van der Waals surface area contributed by atoms with Crippen LogP contribution in [0.2, 0.25) is 0 Å². The van der Waals surface area contributed by atoms with Gasteiger partial charge in [-0.05, 0) is 55.2 Å². The lowest BCUT2D eigenvalue weighted by atomic mass is 10.1. The van der Waals surface area contributed by atoms with Crippen LogP contribution in [0, 0.1) is 0 Å². The van der Waals surface area contributed by atoms with E-state index in [1.807, 2.05) is 48.5 Å². The van der Waals surface area contributed by atoms with Crippen molar-refractivity contribution in [2.45, 2.75) is 39.7 Å². The molecule has 2 aromatic carbocycles. The highest BCUT2D eigenvalue weighted by Gasteiger charge is 2.20. The van der Waals surface area contributed by atoms with Gasteiger partial charge in [-0.2, -0.15) is 0 Å². The lowest BCUT2D eigenvalue weighted by Crippen LogP contribution is -3.15. The molecular weight excluding hydrogens is 366 g/mol. The van der Waals surface area contributed by atoms with E-state index in [1.165, 1.54) is 11.1 Å². The van der Waals surface area contributed by atoms with E-state index in [-0.39, 0.29) is 24.9 Å². The molecule has 2 rings (SSSR count). The number of hydrogen-bond acceptors (Lipinski definition) is 3. The van der Waals surface area contributed by atoms with E-state index in [2.05, 4.69) is 24.5 Å². The molecule has 4 N–H and O–H groups in total. The van der Waals surface area contributed by atoms with Crippen molar-refractivity contribution in [1.29, 1.82) is 0 Å². The minimum absolute atomic E-state index is 0.0998. The van der Waals surface area contributed by atoms with E-state index in [4.69, 9.17) is 0 Å². The average molecular weight is 399 g/mol. The van der Waals surface area contributed by atoms with Crippen molar-refractivity contribution in [3.63, 3.8) is 0 Å². The topological polar surface area (TPSA) is 82.9 Å². The maximum Gasteiger partial charge on any atom is 0.279 e. The number of quaternary nitrogens is 1. The highest BCUT2D eigenvalue weighted by molar-refractivity contribution is 5.93. The van der Waals surface area contributed by atoms with Crippen LogP contribution in [0.1, 0.15) is 31.9 Å². The summed E-state index contributed by atoms with van der Waals surface area (Å²) in [6.45, 7) is 6.32. The van der Waals surface area contributed by atoms with Gasteiger partial charge in [0.15, 0.2) is 13.1 Å². The number of hydrogen-bond donors (Lipinski definition) is 4. The second kappa shape index (κ2) is 11.3. The van der Waals surface area contributed by atoms with Gasteiger partial charge in [0, 0.05) is 11.4 Å². The SMILES string of the molecule is CCc1ccc(NC(=O)C[NH+](CC(=O)Nc2ccc(CC)cc2)C[C@@H](C)O)cc1. The molecule has 0 spiro atoms. The van der Waals surface area contributed by atoms with Gasteiger partial charge in [-0.25, -0.2) is 0 Å². The van der Waals surface area contributed by atoms with E-state index >= 15 is 0 Å². The van der Waals surface area contributed by atoms with Crippen molar-refractivity contribution < 1.29 is 19.6 Å². The summed E-state index contributed by atoms with van der Waals surface area (Å²) in [7, 11) is 0. The third-order valence-electron chi connectivity index (χ3n) is 4.70. The quantitative estimate of drug-likeness (QED) is 0.491. The smallest absolute Gasteiger partial charge is 0.279 e. The van der Waals surface area contributed by atoms with Crippen molar-refractivity contribution in [3.05, 3.63) is 59.7 Å². The molecule has 0 heterocycles. The molecule has 2 amide bonds. The van der Waals surface area contributed by atoms with Crippen LogP contribution in [0.15, 0.2) is 48.5 Å². The van der Waals surface area contributed by atoms with Crippen LogP contribution < -0.4 is 15.5 Å². The van der Waals surface area contributed by atoms with Crippen molar-refractivity contribution in [2.75, 3.05) is 30.3 Å². The number of aliphatic hydroxyl groups excluding tert-OH is 1. The number of aliphatic hydroxyl groups is 1. The number of carbonyl (C=O) groups excluding carboxylic acids is 2. The summed E-state index contributed by atoms with van der Waals surface area (Å²) in [5.74, 6) is -0.380. The molecule has 6 nitrogen and oxygen atoms in total. The van der Waals surface area contributed by atoms with Crippen molar-refractivity contribution in [2.24, 2.45) is 0 Å². The Hall–Kier alpha value is -2.70. The first-order chi connectivity index (χ1) is 13.9. The van der Waals surface area contributed by atoms with Crippen LogP contribution in [-0.2, 0) is 22.4 Å². The summed E-state index contributed by atoms with van der Waals surface area (Å²) >= 11 is 0. The zero-order chi connectivity index (χ0) is 21.2. The summed E-state index contributed by atoms with van der Waals surface area (Å²) < 4.78 is 0. The number of nitrogens with one attached hydrogen (secondary N) is 3. The normalized spacial score (nSPS) is 11.9. The van der Waals surface area contributed by atoms with Gasteiger partial charge < -0.3 is 20.6 Å². The van der Waals surface area contributed by atoms with E-state index in [1.54, 1.807) is 6.92 Å².